The molecule has 3 rings (SSSR count). The molecule has 0 radical (unpaired) electrons. The summed E-state index contributed by atoms with van der Waals surface area (Å²) in [6.07, 6.45) is -2.90. The van der Waals surface area contributed by atoms with E-state index >= 15 is 0 Å². The number of fused-ring (bicyclic) bond motifs is 1. The predicted molar refractivity (Wildman–Crippen MR) is 95.7 cm³/mol. The van der Waals surface area contributed by atoms with E-state index in [4.69, 9.17) is 4.74 Å². The van der Waals surface area contributed by atoms with E-state index in [9.17, 15) is 13.2 Å². The van der Waals surface area contributed by atoms with Gasteiger partial charge in [0.05, 0.1) is 27.2 Å². The van der Waals surface area contributed by atoms with Crippen LogP contribution in [0.1, 0.15) is 11.3 Å². The van der Waals surface area contributed by atoms with E-state index in [1.165, 1.54) is 12.3 Å². The third-order valence-electron chi connectivity index (χ3n) is 3.56. The summed E-state index contributed by atoms with van der Waals surface area (Å²) in [5.41, 5.74) is 3.13. The molecule has 0 aliphatic heterocycles. The van der Waals surface area contributed by atoms with E-state index in [0.29, 0.717) is 17.0 Å². The number of ether oxygens (including phenoxy) is 1. The standard InChI is InChI=1S/C16H16F3N3OPS/c1-10-13(20-7-6-14(10)23-9-16(17,18)19)8-25(24)15-21-11-4-2-3-5-12(11)22-15/h2-7H,8-9,24H2,1H3,(H,21,22)/q+1. The Kier molecular flexibility index (Phi) is 5.20. The van der Waals surface area contributed by atoms with Crippen LogP contribution in [0.15, 0.2) is 41.7 Å². The third-order valence-corrected chi connectivity index (χ3v) is 6.00. The number of hydrogen-bond acceptors (Lipinski definition) is 3. The van der Waals surface area contributed by atoms with Crippen LogP contribution in [0.5, 0.6) is 5.75 Å². The first kappa shape index (κ1) is 18.0. The van der Waals surface area contributed by atoms with E-state index in [-0.39, 0.29) is 16.3 Å². The summed E-state index contributed by atoms with van der Waals surface area (Å²) in [5, 5.41) is 0.814. The van der Waals surface area contributed by atoms with Crippen molar-refractivity contribution in [2.45, 2.75) is 24.0 Å². The molecule has 0 saturated heterocycles. The molecular weight excluding hydrogens is 370 g/mol. The lowest BCUT2D eigenvalue weighted by Gasteiger charge is -2.12. The summed E-state index contributed by atoms with van der Waals surface area (Å²) in [4.78, 5) is 12.1. The number of aromatic nitrogens is 3. The Morgan fingerprint density at radius 1 is 1.24 bits per heavy atom. The van der Waals surface area contributed by atoms with E-state index < -0.39 is 12.8 Å². The minimum atomic E-state index is -4.37. The van der Waals surface area contributed by atoms with Gasteiger partial charge in [0.2, 0.25) is 0 Å². The topological polar surface area (TPSA) is 50.8 Å². The molecule has 3 aromatic rings. The van der Waals surface area contributed by atoms with E-state index in [0.717, 1.165) is 16.2 Å². The number of hydrogen-bond donors (Lipinski definition) is 1. The SMILES string of the molecule is Cc1c(OCC(F)(F)F)ccnc1C[S+](P)c1nc2ccccc2[nH]1. The van der Waals surface area contributed by atoms with E-state index in [2.05, 4.69) is 23.4 Å². The van der Waals surface area contributed by atoms with E-state index in [1.807, 2.05) is 24.3 Å². The number of nitrogens with one attached hydrogen (secondary N) is 1. The minimum absolute atomic E-state index is 0.203. The molecular formula is C16H16F3N3OPS+. The Labute approximate surface area is 147 Å². The Morgan fingerprint density at radius 3 is 2.72 bits per heavy atom. The first-order valence-corrected chi connectivity index (χ1v) is 10.2. The molecule has 0 amide bonds. The van der Waals surface area contributed by atoms with Crippen LogP contribution in [0.3, 0.4) is 0 Å². The zero-order valence-corrected chi connectivity index (χ0v) is 15.3. The lowest BCUT2D eigenvalue weighted by molar-refractivity contribution is -0.153. The summed E-state index contributed by atoms with van der Waals surface area (Å²) in [6.45, 7) is 0.405. The van der Waals surface area contributed by atoms with Gasteiger partial charge in [0.15, 0.2) is 12.4 Å². The third kappa shape index (κ3) is 4.44. The quantitative estimate of drug-likeness (QED) is 0.529. The van der Waals surface area contributed by atoms with Crippen molar-refractivity contribution in [3.63, 3.8) is 0 Å². The van der Waals surface area contributed by atoms with Gasteiger partial charge in [-0.05, 0) is 25.1 Å². The second-order valence-electron chi connectivity index (χ2n) is 5.42. The molecule has 4 nitrogen and oxygen atoms in total. The fraction of sp³-hybridized carbons (Fsp3) is 0.250. The summed E-state index contributed by atoms with van der Waals surface area (Å²) in [6, 6.07) is 9.17. The van der Waals surface area contributed by atoms with Crippen LogP contribution in [-0.4, -0.2) is 27.7 Å². The molecule has 2 heterocycles. The van der Waals surface area contributed by atoms with Gasteiger partial charge in [0.25, 0.3) is 0 Å². The number of H-pyrrole nitrogens is 1. The number of aromatic amines is 1. The van der Waals surface area contributed by atoms with Crippen LogP contribution in [-0.2, 0) is 16.3 Å². The van der Waals surface area contributed by atoms with Crippen molar-refractivity contribution in [1.29, 1.82) is 0 Å². The van der Waals surface area contributed by atoms with Gasteiger partial charge in [-0.3, -0.25) is 9.97 Å². The van der Waals surface area contributed by atoms with Crippen molar-refractivity contribution in [1.82, 2.24) is 15.0 Å². The second-order valence-corrected chi connectivity index (χ2v) is 8.66. The highest BCUT2D eigenvalue weighted by atomic mass is 32.7. The maximum absolute atomic E-state index is 12.4. The normalized spacial score (nSPS) is 13.2. The molecule has 2 atom stereocenters. The number of rotatable bonds is 5. The molecule has 0 saturated carbocycles. The average molecular weight is 386 g/mol. The summed E-state index contributed by atoms with van der Waals surface area (Å²) < 4.78 is 41.9. The molecule has 0 fully saturated rings. The van der Waals surface area contributed by atoms with Crippen LogP contribution in [0.25, 0.3) is 11.0 Å². The highest BCUT2D eigenvalue weighted by molar-refractivity contribution is 8.40. The zero-order valence-electron chi connectivity index (χ0n) is 13.3. The highest BCUT2D eigenvalue weighted by Gasteiger charge is 2.29. The largest absolute Gasteiger partial charge is 0.484 e. The highest BCUT2D eigenvalue weighted by Crippen LogP contribution is 2.28. The van der Waals surface area contributed by atoms with Gasteiger partial charge in [0.1, 0.15) is 14.2 Å². The number of para-hydroxylation sites is 2. The van der Waals surface area contributed by atoms with Crippen LogP contribution < -0.4 is 4.74 Å². The molecule has 2 unspecified atom stereocenters. The molecule has 132 valence electrons. The van der Waals surface area contributed by atoms with E-state index in [1.54, 1.807) is 6.92 Å². The first-order chi connectivity index (χ1) is 11.8. The number of benzene rings is 1. The molecule has 25 heavy (non-hydrogen) atoms. The van der Waals surface area contributed by atoms with Crippen molar-refractivity contribution in [3.8, 4) is 5.75 Å². The molecule has 1 aromatic carbocycles. The lowest BCUT2D eigenvalue weighted by Crippen LogP contribution is -2.20. The number of pyridine rings is 1. The van der Waals surface area contributed by atoms with Crippen molar-refractivity contribution >= 4 is 30.0 Å². The summed E-state index contributed by atoms with van der Waals surface area (Å²) in [7, 11) is 2.38. The van der Waals surface area contributed by atoms with Crippen molar-refractivity contribution in [2.75, 3.05) is 6.61 Å². The maximum atomic E-state index is 12.4. The maximum Gasteiger partial charge on any atom is 0.422 e. The number of nitrogens with zero attached hydrogens (tertiary/aromatic N) is 2. The van der Waals surface area contributed by atoms with Gasteiger partial charge in [-0.25, -0.2) is 0 Å². The van der Waals surface area contributed by atoms with Gasteiger partial charge in [-0.2, -0.15) is 18.2 Å². The predicted octanol–water partition coefficient (Wildman–Crippen LogP) is 4.17. The number of imidazole rings is 1. The molecule has 2 aromatic heterocycles. The molecule has 0 aliphatic carbocycles. The fourth-order valence-electron chi connectivity index (χ4n) is 2.29. The molecule has 0 spiro atoms. The van der Waals surface area contributed by atoms with Gasteiger partial charge in [-0.15, -0.1) is 0 Å². The number of alkyl halides is 3. The van der Waals surface area contributed by atoms with Gasteiger partial charge in [-0.1, -0.05) is 12.1 Å². The Bertz CT molecular complexity index is 851. The van der Waals surface area contributed by atoms with Gasteiger partial charge < -0.3 is 4.74 Å². The average Bonchev–Trinajstić information content (AvgIpc) is 2.99. The smallest absolute Gasteiger partial charge is 0.422 e. The Morgan fingerprint density at radius 2 is 2.00 bits per heavy atom. The molecule has 9 heteroatoms. The van der Waals surface area contributed by atoms with Gasteiger partial charge >= 0.3 is 11.3 Å². The number of halogens is 3. The zero-order chi connectivity index (χ0) is 18.0. The summed E-state index contributed by atoms with van der Waals surface area (Å²) >= 11 is 0. The molecule has 0 bridgehead atoms. The first-order valence-electron chi connectivity index (χ1n) is 7.37. The fourth-order valence-corrected chi connectivity index (χ4v) is 4.28. The molecule has 1 N–H and O–H groups in total. The van der Waals surface area contributed by atoms with Crippen molar-refractivity contribution < 1.29 is 17.9 Å². The van der Waals surface area contributed by atoms with Gasteiger partial charge in [0, 0.05) is 11.8 Å². The lowest BCUT2D eigenvalue weighted by atomic mass is 10.2. The summed E-state index contributed by atoms with van der Waals surface area (Å²) in [5.74, 6) is 0.744. The minimum Gasteiger partial charge on any atom is -0.484 e. The monoisotopic (exact) mass is 386 g/mol. The van der Waals surface area contributed by atoms with Crippen LogP contribution in [0.2, 0.25) is 0 Å². The molecule has 0 aliphatic rings. The van der Waals surface area contributed by atoms with Crippen LogP contribution in [0, 0.1) is 6.92 Å². The van der Waals surface area contributed by atoms with Crippen molar-refractivity contribution in [2.24, 2.45) is 0 Å². The Hall–Kier alpha value is -1.79. The van der Waals surface area contributed by atoms with Crippen LogP contribution in [0.4, 0.5) is 13.2 Å². The van der Waals surface area contributed by atoms with Crippen LogP contribution >= 0.6 is 8.44 Å². The Balaban J connectivity index is 1.77. The van der Waals surface area contributed by atoms with Crippen molar-refractivity contribution in [3.05, 3.63) is 47.8 Å². The second kappa shape index (κ2) is 7.22.